The van der Waals surface area contributed by atoms with Gasteiger partial charge in [0.05, 0.1) is 12.7 Å². The molecule has 0 saturated carbocycles. The van der Waals surface area contributed by atoms with E-state index in [0.29, 0.717) is 11.3 Å². The fourth-order valence-corrected chi connectivity index (χ4v) is 3.01. The minimum atomic E-state index is -0.461. The normalized spacial score (nSPS) is 9.77. The molecule has 0 aliphatic heterocycles. The number of benzene rings is 1. The molecular weight excluding hydrogens is 396 g/mol. The molecular formula is C8H7I2NO2. The summed E-state index contributed by atoms with van der Waals surface area (Å²) in [6.07, 6.45) is 0. The third-order valence-corrected chi connectivity index (χ3v) is 2.96. The fraction of sp³-hybridized carbons (Fsp3) is 0.125. The van der Waals surface area contributed by atoms with Crippen LogP contribution in [0, 0.1) is 7.14 Å². The number of carbonyl (C=O) groups excluding carboxylic acids is 1. The molecule has 0 saturated heterocycles. The highest BCUT2D eigenvalue weighted by Gasteiger charge is 2.13. The summed E-state index contributed by atoms with van der Waals surface area (Å²) in [6.45, 7) is 0. The molecule has 0 atom stereocenters. The maximum absolute atomic E-state index is 11.0. The number of nitrogens with two attached hydrogens (primary N) is 1. The van der Waals surface area contributed by atoms with Crippen molar-refractivity contribution in [3.8, 4) is 5.75 Å². The number of hydrogen-bond donors (Lipinski definition) is 1. The molecule has 0 heterocycles. The van der Waals surface area contributed by atoms with Crippen molar-refractivity contribution in [2.45, 2.75) is 0 Å². The number of primary amides is 1. The van der Waals surface area contributed by atoms with E-state index in [-0.39, 0.29) is 0 Å². The Labute approximate surface area is 103 Å². The maximum Gasteiger partial charge on any atom is 0.253 e. The van der Waals surface area contributed by atoms with Crippen LogP contribution < -0.4 is 10.5 Å². The van der Waals surface area contributed by atoms with Crippen molar-refractivity contribution in [1.82, 2.24) is 0 Å². The van der Waals surface area contributed by atoms with Crippen LogP contribution in [0.5, 0.6) is 5.75 Å². The zero-order chi connectivity index (χ0) is 10.0. The quantitative estimate of drug-likeness (QED) is 0.769. The summed E-state index contributed by atoms with van der Waals surface area (Å²) in [5, 5.41) is 0. The van der Waals surface area contributed by atoms with E-state index < -0.39 is 5.91 Å². The fourth-order valence-electron chi connectivity index (χ4n) is 0.950. The molecule has 1 aromatic carbocycles. The second kappa shape index (κ2) is 4.45. The lowest BCUT2D eigenvalue weighted by Gasteiger charge is -2.07. The van der Waals surface area contributed by atoms with Crippen LogP contribution in [0.25, 0.3) is 0 Å². The Balaban J connectivity index is 3.38. The van der Waals surface area contributed by atoms with E-state index in [0.717, 1.165) is 7.14 Å². The van der Waals surface area contributed by atoms with E-state index in [1.54, 1.807) is 6.07 Å². The van der Waals surface area contributed by atoms with Gasteiger partial charge in [-0.05, 0) is 57.3 Å². The highest BCUT2D eigenvalue weighted by molar-refractivity contribution is 14.1. The summed E-state index contributed by atoms with van der Waals surface area (Å²) < 4.78 is 6.89. The van der Waals surface area contributed by atoms with Crippen molar-refractivity contribution in [1.29, 1.82) is 0 Å². The molecule has 0 aliphatic rings. The Morgan fingerprint density at radius 2 is 2.08 bits per heavy atom. The van der Waals surface area contributed by atoms with Crippen LogP contribution in [0.4, 0.5) is 0 Å². The zero-order valence-electron chi connectivity index (χ0n) is 6.80. The molecule has 0 unspecified atom stereocenters. The van der Waals surface area contributed by atoms with Gasteiger partial charge in [0, 0.05) is 7.14 Å². The third kappa shape index (κ3) is 2.46. The van der Waals surface area contributed by atoms with Crippen molar-refractivity contribution in [3.05, 3.63) is 24.8 Å². The second-order valence-electron chi connectivity index (χ2n) is 2.33. The number of methoxy groups -OCH3 is 1. The zero-order valence-corrected chi connectivity index (χ0v) is 11.1. The monoisotopic (exact) mass is 403 g/mol. The smallest absolute Gasteiger partial charge is 0.253 e. The molecule has 2 N–H and O–H groups in total. The van der Waals surface area contributed by atoms with Crippen LogP contribution in [0.1, 0.15) is 10.4 Å². The van der Waals surface area contributed by atoms with Crippen molar-refractivity contribution >= 4 is 51.1 Å². The summed E-state index contributed by atoms with van der Waals surface area (Å²) >= 11 is 4.22. The lowest BCUT2D eigenvalue weighted by molar-refractivity contribution is 0.0996. The summed E-state index contributed by atoms with van der Waals surface area (Å²) in [5.41, 5.74) is 5.66. The SMILES string of the molecule is COc1cc(I)cc(I)c1C(N)=O. The largest absolute Gasteiger partial charge is 0.496 e. The van der Waals surface area contributed by atoms with Gasteiger partial charge in [-0.3, -0.25) is 4.79 Å². The van der Waals surface area contributed by atoms with E-state index >= 15 is 0 Å². The predicted molar refractivity (Wildman–Crippen MR) is 66.9 cm³/mol. The number of ether oxygens (including phenoxy) is 1. The second-order valence-corrected chi connectivity index (χ2v) is 4.74. The van der Waals surface area contributed by atoms with Crippen LogP contribution in [-0.4, -0.2) is 13.0 Å². The number of rotatable bonds is 2. The summed E-state index contributed by atoms with van der Waals surface area (Å²) in [7, 11) is 1.52. The molecule has 0 aromatic heterocycles. The predicted octanol–water partition coefficient (Wildman–Crippen LogP) is 2.00. The molecule has 3 nitrogen and oxygen atoms in total. The number of carbonyl (C=O) groups is 1. The average molecular weight is 403 g/mol. The maximum atomic E-state index is 11.0. The topological polar surface area (TPSA) is 52.3 Å². The van der Waals surface area contributed by atoms with Crippen molar-refractivity contribution < 1.29 is 9.53 Å². The first-order chi connectivity index (χ1) is 6.06. The molecule has 5 heteroatoms. The van der Waals surface area contributed by atoms with Gasteiger partial charge in [0.25, 0.3) is 5.91 Å². The third-order valence-electron chi connectivity index (χ3n) is 1.49. The molecule has 0 aliphatic carbocycles. The van der Waals surface area contributed by atoms with Gasteiger partial charge in [-0.15, -0.1) is 0 Å². The molecule has 0 radical (unpaired) electrons. The van der Waals surface area contributed by atoms with Crippen LogP contribution >= 0.6 is 45.2 Å². The van der Waals surface area contributed by atoms with Gasteiger partial charge in [-0.25, -0.2) is 0 Å². The van der Waals surface area contributed by atoms with E-state index in [2.05, 4.69) is 45.2 Å². The van der Waals surface area contributed by atoms with E-state index in [1.165, 1.54) is 7.11 Å². The van der Waals surface area contributed by atoms with Crippen LogP contribution in [0.3, 0.4) is 0 Å². The Bertz CT molecular complexity index is 352. The average Bonchev–Trinajstić information content (AvgIpc) is 2.01. The minimum absolute atomic E-state index is 0.448. The van der Waals surface area contributed by atoms with Gasteiger partial charge in [0.15, 0.2) is 0 Å². The van der Waals surface area contributed by atoms with Gasteiger partial charge >= 0.3 is 0 Å². The minimum Gasteiger partial charge on any atom is -0.496 e. The Morgan fingerprint density at radius 3 is 2.54 bits per heavy atom. The summed E-state index contributed by atoms with van der Waals surface area (Å²) in [6, 6.07) is 3.66. The Morgan fingerprint density at radius 1 is 1.46 bits per heavy atom. The van der Waals surface area contributed by atoms with Crippen LogP contribution in [0.2, 0.25) is 0 Å². The first-order valence-corrected chi connectivity index (χ1v) is 5.55. The number of amides is 1. The molecule has 0 bridgehead atoms. The molecule has 1 amide bonds. The van der Waals surface area contributed by atoms with Gasteiger partial charge < -0.3 is 10.5 Å². The lowest BCUT2D eigenvalue weighted by atomic mass is 10.2. The van der Waals surface area contributed by atoms with Gasteiger partial charge in [-0.2, -0.15) is 0 Å². The van der Waals surface area contributed by atoms with E-state index in [4.69, 9.17) is 10.5 Å². The first-order valence-electron chi connectivity index (χ1n) is 3.39. The molecule has 0 spiro atoms. The molecule has 1 rings (SSSR count). The number of halogens is 2. The van der Waals surface area contributed by atoms with Crippen molar-refractivity contribution in [2.24, 2.45) is 5.73 Å². The van der Waals surface area contributed by atoms with Crippen LogP contribution in [0.15, 0.2) is 12.1 Å². The van der Waals surface area contributed by atoms with Crippen LogP contribution in [-0.2, 0) is 0 Å². The number of hydrogen-bond acceptors (Lipinski definition) is 2. The van der Waals surface area contributed by atoms with Crippen molar-refractivity contribution in [2.75, 3.05) is 7.11 Å². The lowest BCUT2D eigenvalue weighted by Crippen LogP contribution is -2.14. The van der Waals surface area contributed by atoms with E-state index in [9.17, 15) is 4.79 Å². The van der Waals surface area contributed by atoms with Gasteiger partial charge in [0.1, 0.15) is 5.75 Å². The van der Waals surface area contributed by atoms with Gasteiger partial charge in [-0.1, -0.05) is 0 Å². The highest BCUT2D eigenvalue weighted by Crippen LogP contribution is 2.26. The van der Waals surface area contributed by atoms with Crippen molar-refractivity contribution in [3.63, 3.8) is 0 Å². The van der Waals surface area contributed by atoms with Gasteiger partial charge in [0.2, 0.25) is 0 Å². The van der Waals surface area contributed by atoms with E-state index in [1.807, 2.05) is 6.07 Å². The molecule has 1 aromatic rings. The highest BCUT2D eigenvalue weighted by atomic mass is 127. The Kier molecular flexibility index (Phi) is 3.77. The molecule has 13 heavy (non-hydrogen) atoms. The summed E-state index contributed by atoms with van der Waals surface area (Å²) in [4.78, 5) is 11.0. The summed E-state index contributed by atoms with van der Waals surface area (Å²) in [5.74, 6) is 0.0708. The Hall–Kier alpha value is -0.0500. The molecule has 0 fully saturated rings. The first kappa shape index (κ1) is 11.0. The standard InChI is InChI=1S/C8H7I2NO2/c1-13-6-3-4(9)2-5(10)7(6)8(11)12/h2-3H,1H3,(H2,11,12). The molecule has 70 valence electrons.